The zero-order valence-electron chi connectivity index (χ0n) is 8.61. The maximum atomic E-state index is 9.12. The highest BCUT2D eigenvalue weighted by molar-refractivity contribution is 9.10. The molecule has 0 unspecified atom stereocenters. The maximum Gasteiger partial charge on any atom is 0.169 e. The van der Waals surface area contributed by atoms with E-state index in [4.69, 9.17) is 5.11 Å². The lowest BCUT2D eigenvalue weighted by atomic mass is 10.1. The van der Waals surface area contributed by atoms with Crippen molar-refractivity contribution in [3.8, 4) is 0 Å². The van der Waals surface area contributed by atoms with Crippen molar-refractivity contribution in [2.75, 3.05) is 0 Å². The molecule has 80 valence electrons. The summed E-state index contributed by atoms with van der Waals surface area (Å²) < 4.78 is 2.55. The lowest BCUT2D eigenvalue weighted by Crippen LogP contribution is -2.01. The van der Waals surface area contributed by atoms with Gasteiger partial charge in [0.1, 0.15) is 5.69 Å². The highest BCUT2D eigenvalue weighted by atomic mass is 79.9. The van der Waals surface area contributed by atoms with E-state index in [1.807, 2.05) is 6.07 Å². The van der Waals surface area contributed by atoms with Crippen LogP contribution >= 0.6 is 15.9 Å². The van der Waals surface area contributed by atoms with Gasteiger partial charge in [-0.05, 0) is 27.9 Å². The smallest absolute Gasteiger partial charge is 0.169 e. The quantitative estimate of drug-likeness (QED) is 0.909. The summed E-state index contributed by atoms with van der Waals surface area (Å²) in [5.74, 6) is 0.369. The second-order valence-electron chi connectivity index (χ2n) is 3.68. The second kappa shape index (κ2) is 3.90. The van der Waals surface area contributed by atoms with Gasteiger partial charge in [-0.25, -0.2) is 9.50 Å². The van der Waals surface area contributed by atoms with Crippen LogP contribution in [-0.2, 0) is 6.61 Å². The Labute approximate surface area is 96.1 Å². The molecule has 0 spiro atoms. The van der Waals surface area contributed by atoms with Gasteiger partial charge in [0.25, 0.3) is 0 Å². The molecule has 0 aliphatic rings. The molecule has 2 aromatic heterocycles. The zero-order chi connectivity index (χ0) is 11.0. The average Bonchev–Trinajstić information content (AvgIpc) is 2.55. The van der Waals surface area contributed by atoms with Crippen molar-refractivity contribution in [3.63, 3.8) is 0 Å². The molecule has 15 heavy (non-hydrogen) atoms. The van der Waals surface area contributed by atoms with Gasteiger partial charge in [-0.1, -0.05) is 13.8 Å². The number of halogens is 1. The van der Waals surface area contributed by atoms with Crippen LogP contribution < -0.4 is 0 Å². The fourth-order valence-corrected chi connectivity index (χ4v) is 1.99. The van der Waals surface area contributed by atoms with Crippen LogP contribution in [0.2, 0.25) is 0 Å². The summed E-state index contributed by atoms with van der Waals surface area (Å²) in [6, 6.07) is 1.94. The van der Waals surface area contributed by atoms with Gasteiger partial charge in [-0.3, -0.25) is 0 Å². The molecule has 2 rings (SSSR count). The SMILES string of the molecule is CC(C)c1ccnc2c(Br)c(CO)nn12. The van der Waals surface area contributed by atoms with E-state index in [0.717, 1.165) is 15.8 Å². The van der Waals surface area contributed by atoms with E-state index in [1.165, 1.54) is 0 Å². The Balaban J connectivity index is 2.76. The summed E-state index contributed by atoms with van der Waals surface area (Å²) in [6.07, 6.45) is 1.76. The number of aliphatic hydroxyl groups excluding tert-OH is 1. The maximum absolute atomic E-state index is 9.12. The van der Waals surface area contributed by atoms with Gasteiger partial charge < -0.3 is 5.11 Å². The van der Waals surface area contributed by atoms with Gasteiger partial charge >= 0.3 is 0 Å². The van der Waals surface area contributed by atoms with E-state index in [-0.39, 0.29) is 6.61 Å². The fourth-order valence-electron chi connectivity index (χ4n) is 1.52. The summed E-state index contributed by atoms with van der Waals surface area (Å²) >= 11 is 3.39. The molecular weight excluding hydrogens is 258 g/mol. The lowest BCUT2D eigenvalue weighted by molar-refractivity contribution is 0.275. The largest absolute Gasteiger partial charge is 0.390 e. The first-order chi connectivity index (χ1) is 7.15. The Morgan fingerprint density at radius 3 is 2.87 bits per heavy atom. The minimum absolute atomic E-state index is 0.0819. The fraction of sp³-hybridized carbons (Fsp3) is 0.400. The van der Waals surface area contributed by atoms with Gasteiger partial charge in [0, 0.05) is 11.9 Å². The molecule has 0 radical (unpaired) electrons. The van der Waals surface area contributed by atoms with Crippen LogP contribution in [0.3, 0.4) is 0 Å². The van der Waals surface area contributed by atoms with Gasteiger partial charge in [-0.2, -0.15) is 5.10 Å². The van der Waals surface area contributed by atoms with Gasteiger partial charge in [-0.15, -0.1) is 0 Å². The molecule has 0 aliphatic heterocycles. The van der Waals surface area contributed by atoms with Crippen molar-refractivity contribution in [1.82, 2.24) is 14.6 Å². The number of nitrogens with zero attached hydrogens (tertiary/aromatic N) is 3. The lowest BCUT2D eigenvalue weighted by Gasteiger charge is -2.06. The molecule has 0 amide bonds. The van der Waals surface area contributed by atoms with Crippen molar-refractivity contribution >= 4 is 21.6 Å². The molecule has 0 saturated heterocycles. The number of hydrogen-bond acceptors (Lipinski definition) is 3. The molecule has 0 saturated carbocycles. The summed E-state index contributed by atoms with van der Waals surface area (Å²) in [5, 5.41) is 13.4. The molecule has 2 aromatic rings. The van der Waals surface area contributed by atoms with Crippen molar-refractivity contribution < 1.29 is 5.11 Å². The van der Waals surface area contributed by atoms with Crippen molar-refractivity contribution in [2.24, 2.45) is 0 Å². The summed E-state index contributed by atoms with van der Waals surface area (Å²) in [6.45, 7) is 4.12. The molecule has 2 heterocycles. The summed E-state index contributed by atoms with van der Waals surface area (Å²) in [4.78, 5) is 4.23. The van der Waals surface area contributed by atoms with Crippen molar-refractivity contribution in [3.05, 3.63) is 28.1 Å². The molecule has 0 aliphatic carbocycles. The van der Waals surface area contributed by atoms with Crippen LogP contribution in [0, 0.1) is 0 Å². The normalized spacial score (nSPS) is 11.5. The molecular formula is C10H12BrN3O. The predicted molar refractivity (Wildman–Crippen MR) is 60.7 cm³/mol. The van der Waals surface area contributed by atoms with E-state index in [0.29, 0.717) is 11.6 Å². The van der Waals surface area contributed by atoms with Gasteiger partial charge in [0.2, 0.25) is 0 Å². The molecule has 0 fully saturated rings. The average molecular weight is 270 g/mol. The third-order valence-corrected chi connectivity index (χ3v) is 3.11. The van der Waals surface area contributed by atoms with Crippen LogP contribution in [0.5, 0.6) is 0 Å². The van der Waals surface area contributed by atoms with E-state index < -0.39 is 0 Å². The van der Waals surface area contributed by atoms with E-state index in [2.05, 4.69) is 39.9 Å². The molecule has 5 heteroatoms. The van der Waals surface area contributed by atoms with Crippen LogP contribution in [-0.4, -0.2) is 19.7 Å². The Kier molecular flexibility index (Phi) is 2.75. The molecule has 0 atom stereocenters. The Bertz CT molecular complexity index is 493. The molecule has 4 nitrogen and oxygen atoms in total. The Hall–Kier alpha value is -0.940. The van der Waals surface area contributed by atoms with Gasteiger partial charge in [0.05, 0.1) is 11.1 Å². The minimum atomic E-state index is -0.0819. The van der Waals surface area contributed by atoms with Crippen LogP contribution in [0.15, 0.2) is 16.7 Å². The number of fused-ring (bicyclic) bond motifs is 1. The molecule has 0 aromatic carbocycles. The van der Waals surface area contributed by atoms with Crippen LogP contribution in [0.4, 0.5) is 0 Å². The predicted octanol–water partition coefficient (Wildman–Crippen LogP) is 2.11. The van der Waals surface area contributed by atoms with E-state index in [9.17, 15) is 0 Å². The molecule has 0 bridgehead atoms. The number of rotatable bonds is 2. The first-order valence-electron chi connectivity index (χ1n) is 4.78. The molecule has 1 N–H and O–H groups in total. The number of aromatic nitrogens is 3. The standard InChI is InChI=1S/C10H12BrN3O/c1-6(2)8-3-4-12-10-9(11)7(5-15)13-14(8)10/h3-4,6,15H,5H2,1-2H3. The number of aliphatic hydroxyl groups is 1. The van der Waals surface area contributed by atoms with Crippen molar-refractivity contribution in [2.45, 2.75) is 26.4 Å². The van der Waals surface area contributed by atoms with E-state index in [1.54, 1.807) is 10.7 Å². The third-order valence-electron chi connectivity index (χ3n) is 2.30. The summed E-state index contributed by atoms with van der Waals surface area (Å²) in [5.41, 5.74) is 2.46. The highest BCUT2D eigenvalue weighted by Crippen LogP contribution is 2.24. The van der Waals surface area contributed by atoms with Crippen LogP contribution in [0.1, 0.15) is 31.2 Å². The first-order valence-corrected chi connectivity index (χ1v) is 5.57. The van der Waals surface area contributed by atoms with Crippen LogP contribution in [0.25, 0.3) is 5.65 Å². The van der Waals surface area contributed by atoms with E-state index >= 15 is 0 Å². The first kappa shape index (κ1) is 10.6. The third kappa shape index (κ3) is 1.66. The Morgan fingerprint density at radius 2 is 2.27 bits per heavy atom. The summed E-state index contributed by atoms with van der Waals surface area (Å²) in [7, 11) is 0. The van der Waals surface area contributed by atoms with Crippen molar-refractivity contribution in [1.29, 1.82) is 0 Å². The van der Waals surface area contributed by atoms with Gasteiger partial charge in [0.15, 0.2) is 5.65 Å². The monoisotopic (exact) mass is 269 g/mol. The topological polar surface area (TPSA) is 50.4 Å². The minimum Gasteiger partial charge on any atom is -0.390 e. The zero-order valence-corrected chi connectivity index (χ0v) is 10.2. The highest BCUT2D eigenvalue weighted by Gasteiger charge is 2.13. The Morgan fingerprint density at radius 1 is 1.53 bits per heavy atom. The number of hydrogen-bond donors (Lipinski definition) is 1. The second-order valence-corrected chi connectivity index (χ2v) is 4.47.